The summed E-state index contributed by atoms with van der Waals surface area (Å²) in [5.74, 6) is -0.124. The lowest BCUT2D eigenvalue weighted by Crippen LogP contribution is -2.50. The van der Waals surface area contributed by atoms with Gasteiger partial charge in [-0.1, -0.05) is 25.5 Å². The van der Waals surface area contributed by atoms with Crippen molar-refractivity contribution in [2.75, 3.05) is 6.54 Å². The lowest BCUT2D eigenvalue weighted by atomic mass is 10.0. The summed E-state index contributed by atoms with van der Waals surface area (Å²) in [6.45, 7) is 7.46. The van der Waals surface area contributed by atoms with Crippen LogP contribution in [0.25, 0.3) is 11.0 Å². The van der Waals surface area contributed by atoms with E-state index in [4.69, 9.17) is 4.42 Å². The fraction of sp³-hybridized carbons (Fsp3) is 0.417. The van der Waals surface area contributed by atoms with Gasteiger partial charge in [-0.3, -0.25) is 9.59 Å². The van der Waals surface area contributed by atoms with E-state index in [1.807, 2.05) is 37.8 Å². The molecule has 30 heavy (non-hydrogen) atoms. The van der Waals surface area contributed by atoms with Crippen molar-refractivity contribution in [1.82, 2.24) is 10.2 Å². The van der Waals surface area contributed by atoms with Crippen LogP contribution in [0.15, 0.2) is 34.3 Å². The van der Waals surface area contributed by atoms with E-state index in [-0.39, 0.29) is 18.2 Å². The summed E-state index contributed by atoms with van der Waals surface area (Å²) in [6.07, 6.45) is 4.24. The predicted molar refractivity (Wildman–Crippen MR) is 120 cm³/mol. The van der Waals surface area contributed by atoms with E-state index in [0.717, 1.165) is 40.5 Å². The van der Waals surface area contributed by atoms with Gasteiger partial charge in [0.15, 0.2) is 0 Å². The van der Waals surface area contributed by atoms with Crippen molar-refractivity contribution in [3.8, 4) is 0 Å². The van der Waals surface area contributed by atoms with Crippen molar-refractivity contribution in [2.24, 2.45) is 0 Å². The number of amides is 2. The molecule has 3 heterocycles. The molecule has 6 heteroatoms. The zero-order valence-corrected chi connectivity index (χ0v) is 18.6. The van der Waals surface area contributed by atoms with Crippen molar-refractivity contribution in [3.63, 3.8) is 0 Å². The molecule has 0 bridgehead atoms. The van der Waals surface area contributed by atoms with Crippen molar-refractivity contribution < 1.29 is 14.0 Å². The molecule has 4 rings (SSSR count). The lowest BCUT2D eigenvalue weighted by molar-refractivity contribution is -0.137. The fourth-order valence-electron chi connectivity index (χ4n) is 4.15. The molecule has 1 aromatic carbocycles. The molecule has 1 N–H and O–H groups in total. The van der Waals surface area contributed by atoms with Crippen LogP contribution in [0.1, 0.15) is 46.9 Å². The minimum absolute atomic E-state index is 0.0190. The molecule has 2 aromatic heterocycles. The van der Waals surface area contributed by atoms with Gasteiger partial charge in [0.25, 0.3) is 0 Å². The minimum Gasteiger partial charge on any atom is -0.464 e. The number of carbonyl (C=O) groups is 2. The lowest BCUT2D eigenvalue weighted by Gasteiger charge is -2.31. The van der Waals surface area contributed by atoms with Gasteiger partial charge < -0.3 is 14.6 Å². The number of furan rings is 1. The molecule has 1 aliphatic rings. The van der Waals surface area contributed by atoms with Crippen LogP contribution in [0, 0.1) is 13.8 Å². The summed E-state index contributed by atoms with van der Waals surface area (Å²) in [7, 11) is 0. The SMILES string of the molecule is CCCC(NC(=O)Cc1coc2c(C)c(C)ccc12)C(=O)N1CCc2sccc2C1. The Morgan fingerprint density at radius 2 is 2.10 bits per heavy atom. The average molecular weight is 425 g/mol. The number of nitrogens with zero attached hydrogens (tertiary/aromatic N) is 1. The molecular weight excluding hydrogens is 396 g/mol. The molecule has 0 fully saturated rings. The van der Waals surface area contributed by atoms with E-state index in [1.165, 1.54) is 10.4 Å². The molecule has 0 aliphatic carbocycles. The highest BCUT2D eigenvalue weighted by molar-refractivity contribution is 7.10. The fourth-order valence-corrected chi connectivity index (χ4v) is 5.04. The first-order valence-electron chi connectivity index (χ1n) is 10.6. The number of carbonyl (C=O) groups excluding carboxylic acids is 2. The van der Waals surface area contributed by atoms with Crippen LogP contribution < -0.4 is 5.32 Å². The number of rotatable bonds is 6. The third-order valence-corrected chi connectivity index (χ3v) is 7.05. The van der Waals surface area contributed by atoms with E-state index < -0.39 is 6.04 Å². The number of fused-ring (bicyclic) bond motifs is 2. The predicted octanol–water partition coefficient (Wildman–Crippen LogP) is 4.52. The van der Waals surface area contributed by atoms with Crippen LogP contribution in [-0.2, 0) is 29.0 Å². The van der Waals surface area contributed by atoms with E-state index in [2.05, 4.69) is 16.8 Å². The highest BCUT2D eigenvalue weighted by atomic mass is 32.1. The molecule has 0 saturated heterocycles. The Morgan fingerprint density at radius 1 is 1.27 bits per heavy atom. The van der Waals surface area contributed by atoms with Crippen molar-refractivity contribution >= 4 is 34.1 Å². The molecule has 1 aliphatic heterocycles. The van der Waals surface area contributed by atoms with Crippen molar-refractivity contribution in [2.45, 2.75) is 59.0 Å². The Balaban J connectivity index is 1.45. The highest BCUT2D eigenvalue weighted by Gasteiger charge is 2.28. The standard InChI is InChI=1S/C24H28N2O3S/c1-4-5-20(24(28)26-10-8-21-17(13-26)9-11-30-21)25-22(27)12-18-14-29-23-16(3)15(2)6-7-19(18)23/h6-7,9,11,14,20H,4-5,8,10,12-13H2,1-3H3,(H,25,27). The van der Waals surface area contributed by atoms with Gasteiger partial charge in [0.2, 0.25) is 11.8 Å². The molecule has 1 atom stereocenters. The monoisotopic (exact) mass is 424 g/mol. The minimum atomic E-state index is -0.482. The molecule has 0 spiro atoms. The Kier molecular flexibility index (Phi) is 5.95. The number of aryl methyl sites for hydroxylation is 2. The van der Waals surface area contributed by atoms with Crippen molar-refractivity contribution in [1.29, 1.82) is 0 Å². The summed E-state index contributed by atoms with van der Waals surface area (Å²) >= 11 is 1.76. The van der Waals surface area contributed by atoms with Crippen LogP contribution in [0.4, 0.5) is 0 Å². The summed E-state index contributed by atoms with van der Waals surface area (Å²) in [4.78, 5) is 29.2. The third kappa shape index (κ3) is 4.01. The summed E-state index contributed by atoms with van der Waals surface area (Å²) in [5.41, 5.74) is 5.18. The molecule has 0 radical (unpaired) electrons. The van der Waals surface area contributed by atoms with Gasteiger partial charge in [0.1, 0.15) is 11.6 Å². The van der Waals surface area contributed by atoms with Crippen LogP contribution >= 0.6 is 11.3 Å². The molecule has 3 aromatic rings. The largest absolute Gasteiger partial charge is 0.464 e. The van der Waals surface area contributed by atoms with E-state index in [1.54, 1.807) is 17.6 Å². The molecule has 0 saturated carbocycles. The second kappa shape index (κ2) is 8.64. The Labute approximate surface area is 181 Å². The van der Waals surface area contributed by atoms with Crippen LogP contribution in [0.2, 0.25) is 0 Å². The maximum atomic E-state index is 13.1. The Hall–Kier alpha value is -2.60. The van der Waals surface area contributed by atoms with E-state index in [9.17, 15) is 9.59 Å². The first kappa shape index (κ1) is 20.7. The first-order valence-corrected chi connectivity index (χ1v) is 11.5. The van der Waals surface area contributed by atoms with Crippen LogP contribution in [0.3, 0.4) is 0 Å². The third-order valence-electron chi connectivity index (χ3n) is 6.02. The van der Waals surface area contributed by atoms with E-state index >= 15 is 0 Å². The molecule has 158 valence electrons. The normalized spacial score (nSPS) is 14.6. The average Bonchev–Trinajstić information content (AvgIpc) is 3.36. The second-order valence-electron chi connectivity index (χ2n) is 8.11. The summed E-state index contributed by atoms with van der Waals surface area (Å²) in [6, 6.07) is 5.67. The zero-order valence-electron chi connectivity index (χ0n) is 17.8. The number of thiophene rings is 1. The van der Waals surface area contributed by atoms with Crippen molar-refractivity contribution in [3.05, 3.63) is 57.0 Å². The second-order valence-corrected chi connectivity index (χ2v) is 9.11. The topological polar surface area (TPSA) is 62.6 Å². The Bertz CT molecular complexity index is 1080. The molecular formula is C24H28N2O3S. The quantitative estimate of drug-likeness (QED) is 0.633. The number of hydrogen-bond donors (Lipinski definition) is 1. The van der Waals surface area contributed by atoms with Gasteiger partial charge in [-0.15, -0.1) is 11.3 Å². The maximum Gasteiger partial charge on any atom is 0.245 e. The summed E-state index contributed by atoms with van der Waals surface area (Å²) in [5, 5.41) is 6.04. The number of nitrogens with one attached hydrogen (secondary N) is 1. The highest BCUT2D eigenvalue weighted by Crippen LogP contribution is 2.27. The molecule has 5 nitrogen and oxygen atoms in total. The Morgan fingerprint density at radius 3 is 2.90 bits per heavy atom. The van der Waals surface area contributed by atoms with Gasteiger partial charge in [-0.25, -0.2) is 0 Å². The maximum absolute atomic E-state index is 13.1. The van der Waals surface area contributed by atoms with Gasteiger partial charge in [-0.2, -0.15) is 0 Å². The van der Waals surface area contributed by atoms with Gasteiger partial charge in [0, 0.05) is 28.9 Å². The van der Waals surface area contributed by atoms with Gasteiger partial charge >= 0.3 is 0 Å². The zero-order chi connectivity index (χ0) is 21.3. The number of benzene rings is 1. The molecule has 1 unspecified atom stereocenters. The molecule has 2 amide bonds. The summed E-state index contributed by atoms with van der Waals surface area (Å²) < 4.78 is 5.73. The van der Waals surface area contributed by atoms with Crippen LogP contribution in [0.5, 0.6) is 0 Å². The van der Waals surface area contributed by atoms with Gasteiger partial charge in [-0.05, 0) is 54.8 Å². The van der Waals surface area contributed by atoms with Crippen LogP contribution in [-0.4, -0.2) is 29.3 Å². The van der Waals surface area contributed by atoms with Gasteiger partial charge in [0.05, 0.1) is 12.7 Å². The smallest absolute Gasteiger partial charge is 0.245 e. The first-order chi connectivity index (χ1) is 14.5. The number of hydrogen-bond acceptors (Lipinski definition) is 4. The van der Waals surface area contributed by atoms with E-state index in [0.29, 0.717) is 19.5 Å².